The minimum absolute atomic E-state index is 0.353. The summed E-state index contributed by atoms with van der Waals surface area (Å²) in [6.07, 6.45) is 1.66. The first kappa shape index (κ1) is 13.3. The summed E-state index contributed by atoms with van der Waals surface area (Å²) in [4.78, 5) is 4.56. The van der Waals surface area contributed by atoms with Crippen LogP contribution in [0, 0.1) is 0 Å². The van der Waals surface area contributed by atoms with Gasteiger partial charge in [-0.1, -0.05) is 30.4 Å². The van der Waals surface area contributed by atoms with Gasteiger partial charge in [-0.15, -0.1) is 0 Å². The molecule has 0 fully saturated rings. The standard InChI is InChI=1S/C14H15N3OS/c15-14(19)11-6-7-13(17-10-11)16-8-9-18-12-4-2-1-3-5-12/h1-7,10H,8-9H2,(H2,15,19)(H,16,17). The number of hydrogen-bond acceptors (Lipinski definition) is 4. The van der Waals surface area contributed by atoms with Crippen molar-refractivity contribution < 1.29 is 4.74 Å². The normalized spacial score (nSPS) is 9.89. The molecule has 0 saturated carbocycles. The van der Waals surface area contributed by atoms with E-state index in [1.54, 1.807) is 6.20 Å². The zero-order valence-corrected chi connectivity index (χ0v) is 11.2. The van der Waals surface area contributed by atoms with Gasteiger partial charge in [0.25, 0.3) is 0 Å². The van der Waals surface area contributed by atoms with Crippen LogP contribution in [0.5, 0.6) is 5.75 Å². The molecule has 0 spiro atoms. The van der Waals surface area contributed by atoms with Gasteiger partial charge in [0.15, 0.2) is 0 Å². The van der Waals surface area contributed by atoms with Crippen molar-refractivity contribution in [2.24, 2.45) is 5.73 Å². The van der Waals surface area contributed by atoms with Crippen LogP contribution in [0.1, 0.15) is 5.56 Å². The molecule has 0 saturated heterocycles. The average molecular weight is 273 g/mol. The molecule has 0 aliphatic rings. The van der Waals surface area contributed by atoms with Crippen LogP contribution in [0.4, 0.5) is 5.82 Å². The van der Waals surface area contributed by atoms with Crippen LogP contribution in [0.3, 0.4) is 0 Å². The number of nitrogens with zero attached hydrogens (tertiary/aromatic N) is 1. The van der Waals surface area contributed by atoms with Crippen LogP contribution in [0.2, 0.25) is 0 Å². The molecule has 1 aromatic heterocycles. The van der Waals surface area contributed by atoms with Crippen LogP contribution in [0.15, 0.2) is 48.7 Å². The quantitative estimate of drug-likeness (QED) is 0.624. The van der Waals surface area contributed by atoms with Crippen LogP contribution in [0.25, 0.3) is 0 Å². The maximum Gasteiger partial charge on any atom is 0.126 e. The molecule has 0 unspecified atom stereocenters. The molecule has 98 valence electrons. The minimum atomic E-state index is 0.353. The fourth-order valence-electron chi connectivity index (χ4n) is 1.51. The third-order valence-corrected chi connectivity index (χ3v) is 2.70. The van der Waals surface area contributed by atoms with Gasteiger partial charge in [-0.3, -0.25) is 0 Å². The molecule has 3 N–H and O–H groups in total. The lowest BCUT2D eigenvalue weighted by atomic mass is 10.3. The van der Waals surface area contributed by atoms with E-state index in [1.807, 2.05) is 42.5 Å². The second-order valence-electron chi connectivity index (χ2n) is 3.88. The molecule has 5 heteroatoms. The molecule has 4 nitrogen and oxygen atoms in total. The Morgan fingerprint density at radius 3 is 2.63 bits per heavy atom. The SMILES string of the molecule is NC(=S)c1ccc(NCCOc2ccccc2)nc1. The van der Waals surface area contributed by atoms with Gasteiger partial charge in [0.2, 0.25) is 0 Å². The predicted octanol–water partition coefficient (Wildman–Crippen LogP) is 2.21. The van der Waals surface area contributed by atoms with Gasteiger partial charge < -0.3 is 15.8 Å². The van der Waals surface area contributed by atoms with Gasteiger partial charge >= 0.3 is 0 Å². The molecule has 0 aliphatic heterocycles. The lowest BCUT2D eigenvalue weighted by molar-refractivity contribution is 0.333. The van der Waals surface area contributed by atoms with Crippen molar-refractivity contribution >= 4 is 23.0 Å². The Balaban J connectivity index is 1.75. The van der Waals surface area contributed by atoms with E-state index >= 15 is 0 Å². The molecular formula is C14H15N3OS. The fourth-order valence-corrected chi connectivity index (χ4v) is 1.63. The highest BCUT2D eigenvalue weighted by Gasteiger charge is 1.98. The van der Waals surface area contributed by atoms with Gasteiger partial charge in [-0.25, -0.2) is 4.98 Å². The lowest BCUT2D eigenvalue weighted by Gasteiger charge is -2.08. The van der Waals surface area contributed by atoms with Crippen LogP contribution in [-0.4, -0.2) is 23.1 Å². The molecule has 2 rings (SSSR count). The summed E-state index contributed by atoms with van der Waals surface area (Å²) in [5.74, 6) is 1.64. The van der Waals surface area contributed by atoms with Crippen molar-refractivity contribution in [2.75, 3.05) is 18.5 Å². The van der Waals surface area contributed by atoms with Gasteiger partial charge in [0.05, 0.1) is 6.54 Å². The molecule has 19 heavy (non-hydrogen) atoms. The van der Waals surface area contributed by atoms with Crippen molar-refractivity contribution in [3.05, 3.63) is 54.2 Å². The lowest BCUT2D eigenvalue weighted by Crippen LogP contribution is -2.13. The van der Waals surface area contributed by atoms with Gasteiger partial charge in [0.1, 0.15) is 23.2 Å². The van der Waals surface area contributed by atoms with E-state index in [0.29, 0.717) is 18.1 Å². The van der Waals surface area contributed by atoms with Gasteiger partial charge in [-0.05, 0) is 24.3 Å². The van der Waals surface area contributed by atoms with E-state index in [0.717, 1.165) is 17.1 Å². The van der Waals surface area contributed by atoms with Crippen LogP contribution in [-0.2, 0) is 0 Å². The Hall–Kier alpha value is -2.14. The maximum absolute atomic E-state index is 5.56. The summed E-state index contributed by atoms with van der Waals surface area (Å²) in [6, 6.07) is 13.4. The van der Waals surface area contributed by atoms with Crippen molar-refractivity contribution in [3.63, 3.8) is 0 Å². The predicted molar refractivity (Wildman–Crippen MR) is 80.6 cm³/mol. The molecular weight excluding hydrogens is 258 g/mol. The van der Waals surface area contributed by atoms with E-state index in [1.165, 1.54) is 0 Å². The van der Waals surface area contributed by atoms with E-state index < -0.39 is 0 Å². The van der Waals surface area contributed by atoms with Crippen LogP contribution >= 0.6 is 12.2 Å². The number of hydrogen-bond donors (Lipinski definition) is 2. The Labute approximate surface area is 117 Å². The second-order valence-corrected chi connectivity index (χ2v) is 4.32. The second kappa shape index (κ2) is 6.70. The first-order valence-corrected chi connectivity index (χ1v) is 6.34. The van der Waals surface area contributed by atoms with Crippen molar-refractivity contribution in [1.82, 2.24) is 4.98 Å². The number of nitrogens with one attached hydrogen (secondary N) is 1. The number of nitrogens with two attached hydrogens (primary N) is 1. The van der Waals surface area contributed by atoms with E-state index in [4.69, 9.17) is 22.7 Å². The molecule has 0 radical (unpaired) electrons. The molecule has 2 aromatic rings. The maximum atomic E-state index is 5.56. The fraction of sp³-hybridized carbons (Fsp3) is 0.143. The Morgan fingerprint density at radius 1 is 1.21 bits per heavy atom. The van der Waals surface area contributed by atoms with Gasteiger partial charge in [-0.2, -0.15) is 0 Å². The first-order chi connectivity index (χ1) is 9.25. The van der Waals surface area contributed by atoms with Crippen molar-refractivity contribution in [2.45, 2.75) is 0 Å². The summed E-state index contributed by atoms with van der Waals surface area (Å²) < 4.78 is 5.56. The molecule has 0 atom stereocenters. The highest BCUT2D eigenvalue weighted by Crippen LogP contribution is 2.08. The van der Waals surface area contributed by atoms with Crippen molar-refractivity contribution in [1.29, 1.82) is 0 Å². The monoisotopic (exact) mass is 273 g/mol. The molecule has 0 aliphatic carbocycles. The summed E-state index contributed by atoms with van der Waals surface area (Å²) in [5, 5.41) is 3.16. The molecule has 0 amide bonds. The van der Waals surface area contributed by atoms with E-state index in [-0.39, 0.29) is 0 Å². The first-order valence-electron chi connectivity index (χ1n) is 5.93. The number of aromatic nitrogens is 1. The molecule has 1 aromatic carbocycles. The van der Waals surface area contributed by atoms with Crippen LogP contribution < -0.4 is 15.8 Å². The van der Waals surface area contributed by atoms with Gasteiger partial charge in [0, 0.05) is 11.8 Å². The smallest absolute Gasteiger partial charge is 0.126 e. The number of ether oxygens (including phenoxy) is 1. The number of rotatable bonds is 6. The largest absolute Gasteiger partial charge is 0.492 e. The summed E-state index contributed by atoms with van der Waals surface area (Å²) >= 11 is 4.86. The number of thiocarbonyl (C=S) groups is 1. The number of pyridine rings is 1. The Morgan fingerprint density at radius 2 is 2.00 bits per heavy atom. The highest BCUT2D eigenvalue weighted by molar-refractivity contribution is 7.80. The summed E-state index contributed by atoms with van der Waals surface area (Å²) in [5.41, 5.74) is 6.27. The summed E-state index contributed by atoms with van der Waals surface area (Å²) in [7, 11) is 0. The number of benzene rings is 1. The number of para-hydroxylation sites is 1. The molecule has 0 bridgehead atoms. The third-order valence-electron chi connectivity index (χ3n) is 2.47. The minimum Gasteiger partial charge on any atom is -0.492 e. The van der Waals surface area contributed by atoms with E-state index in [9.17, 15) is 0 Å². The molecule has 1 heterocycles. The highest BCUT2D eigenvalue weighted by atomic mass is 32.1. The zero-order valence-electron chi connectivity index (χ0n) is 10.4. The Bertz CT molecular complexity index is 528. The third kappa shape index (κ3) is 4.22. The Kier molecular flexibility index (Phi) is 4.69. The zero-order chi connectivity index (χ0) is 13.5. The topological polar surface area (TPSA) is 60.2 Å². The van der Waals surface area contributed by atoms with E-state index in [2.05, 4.69) is 10.3 Å². The summed E-state index contributed by atoms with van der Waals surface area (Å²) in [6.45, 7) is 1.25. The van der Waals surface area contributed by atoms with Crippen molar-refractivity contribution in [3.8, 4) is 5.75 Å². The number of anilines is 1. The average Bonchev–Trinajstić information content (AvgIpc) is 2.45.